The molecule has 0 bridgehead atoms. The van der Waals surface area contributed by atoms with Crippen molar-refractivity contribution in [3.63, 3.8) is 0 Å². The molecule has 0 saturated heterocycles. The molecule has 322 valence electrons. The van der Waals surface area contributed by atoms with Crippen molar-refractivity contribution in [2.24, 2.45) is 0 Å². The molecule has 5 heterocycles. The van der Waals surface area contributed by atoms with Crippen molar-refractivity contribution in [3.8, 4) is 34.4 Å². The molecule has 0 spiro atoms. The first-order valence-corrected chi connectivity index (χ1v) is 23.4. The number of nitrogens with zero attached hydrogens (tertiary/aromatic N) is 2. The molecule has 0 radical (unpaired) electrons. The topological polar surface area (TPSA) is 41.5 Å². The highest BCUT2D eigenvalue weighted by Crippen LogP contribution is 2.48. The number of furan rings is 1. The smallest absolute Gasteiger partial charge is 0.260 e. The average Bonchev–Trinajstić information content (AvgIpc) is 3.94. The molecule has 0 atom stereocenters. The van der Waals surface area contributed by atoms with E-state index in [1.165, 1.54) is 38.2 Å². The number of hydrogen-bond acceptors (Lipinski definition) is 3. The minimum atomic E-state index is -0.193. The summed E-state index contributed by atoms with van der Waals surface area (Å²) >= 11 is 0. The van der Waals surface area contributed by atoms with Crippen LogP contribution in [0.5, 0.6) is 23.0 Å². The lowest BCUT2D eigenvalue weighted by atomic mass is 9.34. The van der Waals surface area contributed by atoms with Crippen LogP contribution < -0.4 is 25.9 Å². The molecule has 0 amide bonds. The Balaban J connectivity index is 1.18. The van der Waals surface area contributed by atoms with Gasteiger partial charge in [0, 0.05) is 49.9 Å². The normalized spacial score (nSPS) is 13.7. The summed E-state index contributed by atoms with van der Waals surface area (Å²) in [5.74, 6) is 3.22. The average molecular weight is 859 g/mol. The third-order valence-electron chi connectivity index (χ3n) is 14.5. The minimum Gasteiger partial charge on any atom is -0.458 e. The van der Waals surface area contributed by atoms with Crippen LogP contribution in [0.3, 0.4) is 0 Å². The molecule has 2 aliphatic rings. The number of ether oxygens (including phenoxy) is 2. The van der Waals surface area contributed by atoms with Crippen molar-refractivity contribution in [1.82, 2.24) is 9.13 Å². The number of rotatable bonds is 2. The lowest BCUT2D eigenvalue weighted by Crippen LogP contribution is -2.57. The monoisotopic (exact) mass is 858 g/mol. The van der Waals surface area contributed by atoms with E-state index >= 15 is 0 Å². The van der Waals surface area contributed by atoms with Gasteiger partial charge in [0.15, 0.2) is 11.3 Å². The third kappa shape index (κ3) is 5.54. The lowest BCUT2D eigenvalue weighted by Gasteiger charge is -2.35. The van der Waals surface area contributed by atoms with Crippen LogP contribution in [0.4, 0.5) is 0 Å². The second kappa shape index (κ2) is 13.2. The van der Waals surface area contributed by atoms with Crippen LogP contribution in [-0.2, 0) is 16.2 Å². The van der Waals surface area contributed by atoms with Gasteiger partial charge < -0.3 is 23.0 Å². The number of benzene rings is 8. The van der Waals surface area contributed by atoms with Crippen LogP contribution in [0, 0.1) is 0 Å². The van der Waals surface area contributed by atoms with Gasteiger partial charge in [-0.1, -0.05) is 147 Å². The molecule has 11 aromatic rings. The lowest BCUT2D eigenvalue weighted by molar-refractivity contribution is 0.462. The Morgan fingerprint density at radius 3 is 1.53 bits per heavy atom. The predicted octanol–water partition coefficient (Wildman–Crippen LogP) is 14.4. The zero-order valence-electron chi connectivity index (χ0n) is 39.1. The van der Waals surface area contributed by atoms with Gasteiger partial charge >= 0.3 is 0 Å². The standard InChI is InChI=1S/C60H51BN2O3/c1-58(2,3)34-22-25-48-41(28-34)42-29-35(59(4,5)6)23-26-49(42)63(48)55-56-43(40-18-12-15-21-50(40)65-56)33-45-57(55)66-53-32-37(62-46-19-13-10-16-38(46)39-17-11-14-20-47(39)62)31-52-54(53)61(45)44-30-36(60(7,8)9)24-27-51(44)64-52/h10-33H,1-9H3. The molecule has 0 N–H and O–H groups in total. The van der Waals surface area contributed by atoms with Gasteiger partial charge in [0.2, 0.25) is 0 Å². The SMILES string of the molecule is CC(C)(C)c1ccc2c(c1)B1c3cc4c(oc5ccccc54)c(-n4c5ccc(C(C)(C)C)cc5c5cc(C(C)(C)C)ccc54)c3Oc3cc(-n4c5ccccc5c5ccccc54)cc(c31)O2. The van der Waals surface area contributed by atoms with Crippen molar-refractivity contribution in [2.45, 2.75) is 78.6 Å². The van der Waals surface area contributed by atoms with E-state index in [0.717, 1.165) is 94.8 Å². The van der Waals surface area contributed by atoms with E-state index < -0.39 is 0 Å². The maximum Gasteiger partial charge on any atom is 0.260 e. The van der Waals surface area contributed by atoms with E-state index in [9.17, 15) is 0 Å². The van der Waals surface area contributed by atoms with Gasteiger partial charge in [-0.25, -0.2) is 0 Å². The molecule has 0 saturated carbocycles. The van der Waals surface area contributed by atoms with Crippen LogP contribution in [0.2, 0.25) is 0 Å². The summed E-state index contributed by atoms with van der Waals surface area (Å²) in [4.78, 5) is 0. The summed E-state index contributed by atoms with van der Waals surface area (Å²) < 4.78 is 26.6. The maximum absolute atomic E-state index is 7.64. The Morgan fingerprint density at radius 2 is 0.924 bits per heavy atom. The van der Waals surface area contributed by atoms with Crippen molar-refractivity contribution < 1.29 is 13.9 Å². The van der Waals surface area contributed by atoms with Gasteiger partial charge in [0.1, 0.15) is 28.5 Å². The van der Waals surface area contributed by atoms with E-state index in [0.29, 0.717) is 0 Å². The molecule has 2 aliphatic heterocycles. The summed E-state index contributed by atoms with van der Waals surface area (Å²) in [6, 6.07) is 53.4. The highest BCUT2D eigenvalue weighted by molar-refractivity contribution is 6.98. The van der Waals surface area contributed by atoms with Crippen LogP contribution in [0.15, 0.2) is 150 Å². The maximum atomic E-state index is 7.64. The molecule has 3 aromatic heterocycles. The highest BCUT2D eigenvalue weighted by Gasteiger charge is 2.44. The van der Waals surface area contributed by atoms with Crippen molar-refractivity contribution >= 4 is 88.7 Å². The second-order valence-corrected chi connectivity index (χ2v) is 21.8. The fourth-order valence-corrected chi connectivity index (χ4v) is 11.0. The van der Waals surface area contributed by atoms with Gasteiger partial charge in [-0.3, -0.25) is 0 Å². The molecule has 8 aromatic carbocycles. The number of hydrogen-bond donors (Lipinski definition) is 0. The molecule has 0 unspecified atom stereocenters. The first kappa shape index (κ1) is 39.2. The summed E-state index contributed by atoms with van der Waals surface area (Å²) in [7, 11) is 0. The largest absolute Gasteiger partial charge is 0.458 e. The van der Waals surface area contributed by atoms with Gasteiger partial charge in [-0.15, -0.1) is 0 Å². The van der Waals surface area contributed by atoms with Crippen LogP contribution in [0.1, 0.15) is 79.0 Å². The summed E-state index contributed by atoms with van der Waals surface area (Å²) in [6.07, 6.45) is 0. The first-order chi connectivity index (χ1) is 31.6. The molecule has 13 rings (SSSR count). The van der Waals surface area contributed by atoms with Crippen molar-refractivity contribution in [1.29, 1.82) is 0 Å². The van der Waals surface area contributed by atoms with Crippen LogP contribution in [-0.4, -0.2) is 15.8 Å². The number of fused-ring (bicyclic) bond motifs is 13. The van der Waals surface area contributed by atoms with Crippen LogP contribution in [0.25, 0.3) is 76.9 Å². The van der Waals surface area contributed by atoms with E-state index in [1.807, 2.05) is 0 Å². The quantitative estimate of drug-likeness (QED) is 0.163. The molecule has 66 heavy (non-hydrogen) atoms. The Hall–Kier alpha value is -7.18. The zero-order chi connectivity index (χ0) is 45.2. The predicted molar refractivity (Wildman–Crippen MR) is 276 cm³/mol. The summed E-state index contributed by atoms with van der Waals surface area (Å²) in [5, 5.41) is 6.96. The fourth-order valence-electron chi connectivity index (χ4n) is 11.0. The second-order valence-electron chi connectivity index (χ2n) is 21.8. The van der Waals surface area contributed by atoms with E-state index in [4.69, 9.17) is 13.9 Å². The van der Waals surface area contributed by atoms with Gasteiger partial charge in [-0.2, -0.15) is 0 Å². The molecule has 0 aliphatic carbocycles. The number of para-hydroxylation sites is 3. The third-order valence-corrected chi connectivity index (χ3v) is 14.5. The Kier molecular flexibility index (Phi) is 7.86. The number of aromatic nitrogens is 2. The van der Waals surface area contributed by atoms with E-state index in [2.05, 4.69) is 217 Å². The molecular formula is C60H51BN2O3. The van der Waals surface area contributed by atoms with Gasteiger partial charge in [-0.05, 0) is 92.4 Å². The fraction of sp³-hybridized carbons (Fsp3) is 0.200. The van der Waals surface area contributed by atoms with Gasteiger partial charge in [0.05, 0.1) is 27.8 Å². The zero-order valence-corrected chi connectivity index (χ0v) is 39.1. The minimum absolute atomic E-state index is 0.0386. The van der Waals surface area contributed by atoms with E-state index in [-0.39, 0.29) is 23.0 Å². The van der Waals surface area contributed by atoms with Crippen LogP contribution >= 0.6 is 0 Å². The molecule has 0 fully saturated rings. The molecule has 5 nitrogen and oxygen atoms in total. The van der Waals surface area contributed by atoms with Crippen molar-refractivity contribution in [3.05, 3.63) is 162 Å². The Labute approximate surface area is 385 Å². The summed E-state index contributed by atoms with van der Waals surface area (Å²) in [6.45, 7) is 20.4. The van der Waals surface area contributed by atoms with Gasteiger partial charge in [0.25, 0.3) is 6.71 Å². The van der Waals surface area contributed by atoms with Crippen molar-refractivity contribution in [2.75, 3.05) is 0 Å². The summed E-state index contributed by atoms with van der Waals surface area (Å²) in [5.41, 5.74) is 14.9. The first-order valence-electron chi connectivity index (χ1n) is 23.4. The highest BCUT2D eigenvalue weighted by atomic mass is 16.5. The Morgan fingerprint density at radius 1 is 0.409 bits per heavy atom. The molecular weight excluding hydrogens is 807 g/mol. The molecule has 6 heteroatoms. The van der Waals surface area contributed by atoms with E-state index in [1.54, 1.807) is 0 Å². The Bertz CT molecular complexity index is 3770.